The topological polar surface area (TPSA) is 78.9 Å². The van der Waals surface area contributed by atoms with E-state index in [1.54, 1.807) is 0 Å². The van der Waals surface area contributed by atoms with Crippen molar-refractivity contribution in [3.05, 3.63) is 72.9 Å². The molecule has 0 heterocycles. The van der Waals surface area contributed by atoms with Crippen molar-refractivity contribution in [1.82, 2.24) is 0 Å². The van der Waals surface area contributed by atoms with Gasteiger partial charge in [-0.2, -0.15) is 0 Å². The van der Waals surface area contributed by atoms with Gasteiger partial charge in [0.1, 0.15) is 13.2 Å². The largest absolute Gasteiger partial charge is 0.462 e. The molecule has 0 aromatic carbocycles. The Morgan fingerprint density at radius 3 is 0.759 bits per heavy atom. The summed E-state index contributed by atoms with van der Waals surface area (Å²) in [6, 6.07) is 0. The molecule has 1 atom stereocenters. The highest BCUT2D eigenvalue weighted by molar-refractivity contribution is 5.71. The standard InChI is InChI=1S/C77H138O6/c1-4-7-10-13-16-19-22-25-27-29-31-33-35-36-37-38-39-40-42-43-45-47-49-52-55-58-61-64-67-70-76(79)82-73-74(72-81-75(78)69-66-63-60-57-54-51-24-21-18-15-12-9-6-3)83-77(80)71-68-65-62-59-56-53-50-48-46-44-41-34-32-30-28-26-23-20-17-14-11-8-5-2/h9,12,18,21-22,25,29-32,51,54,74H,4-8,10-11,13-17,19-20,23-24,26-28,33-50,52-53,55-73H2,1-3H3/b12-9-,21-18-,25-22-,31-29-,32-30-,54-51-. The summed E-state index contributed by atoms with van der Waals surface area (Å²) >= 11 is 0. The highest BCUT2D eigenvalue weighted by Crippen LogP contribution is 2.18. The molecule has 0 rings (SSSR count). The zero-order chi connectivity index (χ0) is 59.9. The number of rotatable bonds is 67. The zero-order valence-corrected chi connectivity index (χ0v) is 55.5. The Morgan fingerprint density at radius 1 is 0.253 bits per heavy atom. The van der Waals surface area contributed by atoms with Gasteiger partial charge in [0.2, 0.25) is 0 Å². The van der Waals surface area contributed by atoms with E-state index in [1.807, 2.05) is 0 Å². The van der Waals surface area contributed by atoms with Crippen molar-refractivity contribution in [3.63, 3.8) is 0 Å². The highest BCUT2D eigenvalue weighted by Gasteiger charge is 2.19. The van der Waals surface area contributed by atoms with Crippen molar-refractivity contribution >= 4 is 17.9 Å². The lowest BCUT2D eigenvalue weighted by Crippen LogP contribution is -2.30. The lowest BCUT2D eigenvalue weighted by molar-refractivity contribution is -0.167. The summed E-state index contributed by atoms with van der Waals surface area (Å²) in [4.78, 5) is 38.4. The first-order chi connectivity index (χ1) is 41.0. The maximum absolute atomic E-state index is 13.0. The molecule has 0 saturated carbocycles. The molecule has 6 nitrogen and oxygen atoms in total. The van der Waals surface area contributed by atoms with Crippen molar-refractivity contribution in [2.75, 3.05) is 13.2 Å². The van der Waals surface area contributed by atoms with E-state index in [0.717, 1.165) is 89.9 Å². The molecule has 0 N–H and O–H groups in total. The van der Waals surface area contributed by atoms with E-state index >= 15 is 0 Å². The average molecular weight is 1160 g/mol. The van der Waals surface area contributed by atoms with Gasteiger partial charge in [-0.15, -0.1) is 0 Å². The monoisotopic (exact) mass is 1160 g/mol. The van der Waals surface area contributed by atoms with Crippen LogP contribution in [-0.2, 0) is 28.6 Å². The minimum atomic E-state index is -0.788. The molecule has 0 aliphatic heterocycles. The SMILES string of the molecule is CC/C=C\C/C=C\C/C=C\CCCCCC(=O)OCC(COC(=O)CCCCCCCCCCCCCCCCCCC/C=C\C/C=C\CCCCCCC)OC(=O)CCCCCCCCCCCCC/C=C\CCCCCCCCCC. The Bertz CT molecular complexity index is 1520. The van der Waals surface area contributed by atoms with Crippen molar-refractivity contribution in [3.8, 4) is 0 Å². The second-order valence-corrected chi connectivity index (χ2v) is 24.5. The number of ether oxygens (including phenoxy) is 3. The molecule has 6 heteroatoms. The summed E-state index contributed by atoms with van der Waals surface area (Å²) in [5.74, 6) is -0.892. The fourth-order valence-electron chi connectivity index (χ4n) is 10.7. The first-order valence-corrected chi connectivity index (χ1v) is 36.4. The van der Waals surface area contributed by atoms with Crippen LogP contribution in [0.1, 0.15) is 380 Å². The second kappa shape index (κ2) is 71.3. The molecule has 0 radical (unpaired) electrons. The van der Waals surface area contributed by atoms with E-state index in [4.69, 9.17) is 14.2 Å². The quantitative estimate of drug-likeness (QED) is 0.0261. The lowest BCUT2D eigenvalue weighted by Gasteiger charge is -2.18. The highest BCUT2D eigenvalue weighted by atomic mass is 16.6. The van der Waals surface area contributed by atoms with E-state index in [2.05, 4.69) is 93.7 Å². The summed E-state index contributed by atoms with van der Waals surface area (Å²) in [6.07, 6.45) is 93.8. The summed E-state index contributed by atoms with van der Waals surface area (Å²) in [6.45, 7) is 6.55. The van der Waals surface area contributed by atoms with Crippen molar-refractivity contribution in [2.45, 2.75) is 386 Å². The van der Waals surface area contributed by atoms with Crippen LogP contribution in [-0.4, -0.2) is 37.2 Å². The number of carbonyl (C=O) groups is 3. The zero-order valence-electron chi connectivity index (χ0n) is 55.5. The van der Waals surface area contributed by atoms with Gasteiger partial charge in [0.05, 0.1) is 0 Å². The minimum absolute atomic E-state index is 0.0818. The fraction of sp³-hybridized carbons (Fsp3) is 0.805. The van der Waals surface area contributed by atoms with E-state index in [0.29, 0.717) is 19.3 Å². The van der Waals surface area contributed by atoms with Crippen LogP contribution >= 0.6 is 0 Å². The number of carbonyl (C=O) groups excluding carboxylic acids is 3. The second-order valence-electron chi connectivity index (χ2n) is 24.5. The molecule has 0 aliphatic rings. The maximum Gasteiger partial charge on any atom is 0.306 e. The predicted octanol–water partition coefficient (Wildman–Crippen LogP) is 25.2. The van der Waals surface area contributed by atoms with E-state index in [-0.39, 0.29) is 31.1 Å². The summed E-state index contributed by atoms with van der Waals surface area (Å²) in [7, 11) is 0. The first kappa shape index (κ1) is 79.8. The Hall–Kier alpha value is -3.15. The fourth-order valence-corrected chi connectivity index (χ4v) is 10.7. The molecule has 1 unspecified atom stereocenters. The van der Waals surface area contributed by atoms with Crippen LogP contribution in [0, 0.1) is 0 Å². The minimum Gasteiger partial charge on any atom is -0.462 e. The Labute approximate surface area is 516 Å². The van der Waals surface area contributed by atoms with Gasteiger partial charge in [0, 0.05) is 19.3 Å². The van der Waals surface area contributed by atoms with E-state index in [1.165, 1.54) is 250 Å². The van der Waals surface area contributed by atoms with Crippen molar-refractivity contribution < 1.29 is 28.6 Å². The van der Waals surface area contributed by atoms with Gasteiger partial charge in [-0.05, 0) is 109 Å². The van der Waals surface area contributed by atoms with Gasteiger partial charge in [-0.1, -0.05) is 325 Å². The van der Waals surface area contributed by atoms with Gasteiger partial charge < -0.3 is 14.2 Å². The molecular formula is C77H138O6. The summed E-state index contributed by atoms with van der Waals surface area (Å²) in [5, 5.41) is 0. The van der Waals surface area contributed by atoms with Gasteiger partial charge in [-0.25, -0.2) is 0 Å². The van der Waals surface area contributed by atoms with Crippen LogP contribution in [0.15, 0.2) is 72.9 Å². The van der Waals surface area contributed by atoms with Crippen LogP contribution in [0.3, 0.4) is 0 Å². The molecule has 0 aliphatic carbocycles. The molecule has 0 fully saturated rings. The Balaban J connectivity index is 4.22. The lowest BCUT2D eigenvalue weighted by atomic mass is 10.0. The third kappa shape index (κ3) is 69.5. The van der Waals surface area contributed by atoms with E-state index in [9.17, 15) is 14.4 Å². The molecule has 0 spiro atoms. The van der Waals surface area contributed by atoms with Crippen LogP contribution < -0.4 is 0 Å². The summed E-state index contributed by atoms with van der Waals surface area (Å²) < 4.78 is 17.0. The first-order valence-electron chi connectivity index (χ1n) is 36.4. The van der Waals surface area contributed by atoms with Gasteiger partial charge >= 0.3 is 17.9 Å². The van der Waals surface area contributed by atoms with Gasteiger partial charge in [0.25, 0.3) is 0 Å². The van der Waals surface area contributed by atoms with Gasteiger partial charge in [-0.3, -0.25) is 14.4 Å². The Kier molecular flexibility index (Phi) is 68.6. The molecule has 0 saturated heterocycles. The van der Waals surface area contributed by atoms with Crippen LogP contribution in [0.25, 0.3) is 0 Å². The molecule has 0 aromatic rings. The molecule has 0 amide bonds. The molecular weight excluding hydrogens is 1020 g/mol. The van der Waals surface area contributed by atoms with E-state index < -0.39 is 6.10 Å². The predicted molar refractivity (Wildman–Crippen MR) is 362 cm³/mol. The number of hydrogen-bond acceptors (Lipinski definition) is 6. The number of esters is 3. The summed E-state index contributed by atoms with van der Waals surface area (Å²) in [5.41, 5.74) is 0. The third-order valence-corrected chi connectivity index (χ3v) is 16.2. The van der Waals surface area contributed by atoms with Gasteiger partial charge in [0.15, 0.2) is 6.10 Å². The number of unbranched alkanes of at least 4 members (excludes halogenated alkanes) is 44. The van der Waals surface area contributed by atoms with Crippen LogP contribution in [0.5, 0.6) is 0 Å². The molecule has 83 heavy (non-hydrogen) atoms. The number of hydrogen-bond donors (Lipinski definition) is 0. The van der Waals surface area contributed by atoms with Crippen molar-refractivity contribution in [2.24, 2.45) is 0 Å². The van der Waals surface area contributed by atoms with Crippen molar-refractivity contribution in [1.29, 1.82) is 0 Å². The van der Waals surface area contributed by atoms with Crippen LogP contribution in [0.2, 0.25) is 0 Å². The average Bonchev–Trinajstić information content (AvgIpc) is 3.49. The number of allylic oxidation sites excluding steroid dienone is 12. The molecule has 0 bridgehead atoms. The smallest absolute Gasteiger partial charge is 0.306 e. The molecule has 0 aromatic heterocycles. The molecule has 482 valence electrons. The van der Waals surface area contributed by atoms with Crippen LogP contribution in [0.4, 0.5) is 0 Å². The maximum atomic E-state index is 13.0. The normalized spacial score (nSPS) is 12.5. The Morgan fingerprint density at radius 2 is 0.470 bits per heavy atom. The third-order valence-electron chi connectivity index (χ3n) is 16.2.